The molecule has 1 heterocycles. The van der Waals surface area contributed by atoms with E-state index in [1.54, 1.807) is 0 Å². The molecule has 0 aliphatic carbocycles. The van der Waals surface area contributed by atoms with Gasteiger partial charge in [0.25, 0.3) is 6.29 Å². The first-order valence-electron chi connectivity index (χ1n) is 8.73. The van der Waals surface area contributed by atoms with E-state index in [9.17, 15) is 0 Å². The van der Waals surface area contributed by atoms with Crippen LogP contribution in [-0.2, 0) is 6.54 Å². The maximum Gasteiger partial charge on any atom is 0.363 e. The number of azo groups is 1. The summed E-state index contributed by atoms with van der Waals surface area (Å²) in [5, 5.41) is 10.5. The Kier molecular flexibility index (Phi) is 5.48. The average molecular weight is 352 g/mol. The van der Waals surface area contributed by atoms with Gasteiger partial charge in [-0.05, 0) is 36.8 Å². The summed E-state index contributed by atoms with van der Waals surface area (Å²) in [7, 11) is 3.76. The van der Waals surface area contributed by atoms with Crippen LogP contribution in [0.2, 0.25) is 0 Å². The fraction of sp³-hybridized carbons (Fsp3) is 0.316. The van der Waals surface area contributed by atoms with Crippen molar-refractivity contribution in [2.45, 2.75) is 19.8 Å². The molecule has 7 nitrogen and oxygen atoms in total. The predicted octanol–water partition coefficient (Wildman–Crippen LogP) is 2.49. The molecule has 0 saturated carbocycles. The predicted molar refractivity (Wildman–Crippen MR) is 104 cm³/mol. The Morgan fingerprint density at radius 1 is 1.15 bits per heavy atom. The van der Waals surface area contributed by atoms with Gasteiger partial charge in [0.2, 0.25) is 0 Å². The molecule has 1 atom stereocenters. The van der Waals surface area contributed by atoms with Gasteiger partial charge in [0, 0.05) is 25.8 Å². The Bertz CT molecular complexity index is 783. The average Bonchev–Trinajstić information content (AvgIpc) is 2.91. The van der Waals surface area contributed by atoms with Crippen LogP contribution in [0.5, 0.6) is 0 Å². The summed E-state index contributed by atoms with van der Waals surface area (Å²) in [6, 6.07) is 18.6. The molecule has 0 aromatic heterocycles. The number of hydrogen-bond acceptors (Lipinski definition) is 6. The van der Waals surface area contributed by atoms with Crippen LogP contribution in [0.1, 0.15) is 12.5 Å². The number of nitrogens with two attached hydrogens (primary N) is 1. The number of anilines is 1. The third-order valence-electron chi connectivity index (χ3n) is 4.45. The van der Waals surface area contributed by atoms with Gasteiger partial charge in [0.1, 0.15) is 0 Å². The third-order valence-corrected chi connectivity index (χ3v) is 4.45. The van der Waals surface area contributed by atoms with Crippen LogP contribution < -0.4 is 16.1 Å². The SMILES string of the molecule is CCN(Cc1ccccc1)c1ccc(N=NC2N(C)NC(N)=[N+]2C)cc1. The van der Waals surface area contributed by atoms with Crippen LogP contribution >= 0.6 is 0 Å². The molecule has 0 spiro atoms. The lowest BCUT2D eigenvalue weighted by molar-refractivity contribution is -0.549. The van der Waals surface area contributed by atoms with E-state index in [0.717, 1.165) is 18.8 Å². The Morgan fingerprint density at radius 2 is 1.85 bits per heavy atom. The molecule has 1 unspecified atom stereocenters. The quantitative estimate of drug-likeness (QED) is 0.619. The number of guanidine groups is 1. The first kappa shape index (κ1) is 17.9. The summed E-state index contributed by atoms with van der Waals surface area (Å²) < 4.78 is 1.83. The second kappa shape index (κ2) is 7.97. The van der Waals surface area contributed by atoms with Gasteiger partial charge in [0.05, 0.1) is 12.7 Å². The van der Waals surface area contributed by atoms with Gasteiger partial charge >= 0.3 is 5.96 Å². The van der Waals surface area contributed by atoms with E-state index in [2.05, 4.69) is 63.9 Å². The van der Waals surface area contributed by atoms with E-state index in [1.165, 1.54) is 11.3 Å². The highest BCUT2D eigenvalue weighted by Crippen LogP contribution is 2.22. The van der Waals surface area contributed by atoms with Crippen LogP contribution in [0.4, 0.5) is 11.4 Å². The number of hydrazine groups is 1. The molecule has 3 rings (SSSR count). The molecule has 0 bridgehead atoms. The van der Waals surface area contributed by atoms with E-state index in [4.69, 9.17) is 5.73 Å². The molecule has 136 valence electrons. The second-order valence-corrected chi connectivity index (χ2v) is 6.30. The molecule has 3 N–H and O–H groups in total. The molecule has 7 heteroatoms. The van der Waals surface area contributed by atoms with Crippen molar-refractivity contribution in [3.05, 3.63) is 60.2 Å². The topological polar surface area (TPSA) is 72.3 Å². The zero-order chi connectivity index (χ0) is 18.5. The summed E-state index contributed by atoms with van der Waals surface area (Å²) in [6.45, 7) is 3.99. The van der Waals surface area contributed by atoms with Crippen molar-refractivity contribution in [3.8, 4) is 0 Å². The Labute approximate surface area is 154 Å². The number of hydrogen-bond donors (Lipinski definition) is 2. The number of nitrogens with one attached hydrogen (secondary N) is 1. The van der Waals surface area contributed by atoms with Crippen LogP contribution in [-0.4, -0.2) is 42.5 Å². The first-order chi connectivity index (χ1) is 12.6. The zero-order valence-electron chi connectivity index (χ0n) is 15.5. The van der Waals surface area contributed by atoms with Gasteiger partial charge in [-0.15, -0.1) is 10.1 Å². The third kappa shape index (κ3) is 4.00. The minimum atomic E-state index is -0.250. The molecule has 0 saturated heterocycles. The van der Waals surface area contributed by atoms with E-state index in [1.807, 2.05) is 41.9 Å². The second-order valence-electron chi connectivity index (χ2n) is 6.30. The van der Waals surface area contributed by atoms with Gasteiger partial charge in [-0.1, -0.05) is 30.3 Å². The summed E-state index contributed by atoms with van der Waals surface area (Å²) in [4.78, 5) is 2.33. The molecule has 2 aromatic carbocycles. The van der Waals surface area contributed by atoms with Gasteiger partial charge in [-0.3, -0.25) is 5.73 Å². The van der Waals surface area contributed by atoms with E-state index < -0.39 is 0 Å². The Balaban J connectivity index is 1.69. The normalized spacial score (nSPS) is 17.7. The zero-order valence-corrected chi connectivity index (χ0v) is 15.5. The maximum absolute atomic E-state index is 5.84. The molecular weight excluding hydrogens is 326 g/mol. The fourth-order valence-electron chi connectivity index (χ4n) is 2.89. The molecule has 26 heavy (non-hydrogen) atoms. The molecular formula is C19H26N7+. The van der Waals surface area contributed by atoms with Crippen molar-refractivity contribution in [2.24, 2.45) is 16.0 Å². The van der Waals surface area contributed by atoms with Gasteiger partial charge in [-0.2, -0.15) is 10.5 Å². The number of benzene rings is 2. The summed E-state index contributed by atoms with van der Waals surface area (Å²) in [6.07, 6.45) is -0.250. The smallest absolute Gasteiger partial charge is 0.363 e. The fourth-order valence-corrected chi connectivity index (χ4v) is 2.89. The van der Waals surface area contributed by atoms with Crippen molar-refractivity contribution >= 4 is 17.3 Å². The lowest BCUT2D eigenvalue weighted by Gasteiger charge is -2.23. The lowest BCUT2D eigenvalue weighted by atomic mass is 10.2. The molecule has 0 radical (unpaired) electrons. The molecule has 2 aromatic rings. The standard InChI is InChI=1S/C19H25N7/c1-4-26(14-15-8-6-5-7-9-15)17-12-10-16(11-13-17)21-22-19-24(2)18(20)23-25(19)3/h5-13,19H,4,14H2,1-3H3,(H2,20,23)/p+1. The molecule has 1 aliphatic rings. The number of nitrogens with zero attached hydrogens (tertiary/aromatic N) is 5. The van der Waals surface area contributed by atoms with Crippen molar-refractivity contribution in [1.82, 2.24) is 10.4 Å². The minimum Gasteiger partial charge on any atom is -0.367 e. The Morgan fingerprint density at radius 3 is 2.42 bits per heavy atom. The van der Waals surface area contributed by atoms with Crippen molar-refractivity contribution < 1.29 is 4.58 Å². The van der Waals surface area contributed by atoms with Crippen molar-refractivity contribution in [2.75, 3.05) is 25.5 Å². The largest absolute Gasteiger partial charge is 0.367 e. The van der Waals surface area contributed by atoms with E-state index in [-0.39, 0.29) is 6.29 Å². The molecule has 0 amide bonds. The Hall–Kier alpha value is -2.93. The van der Waals surface area contributed by atoms with Crippen LogP contribution in [0.3, 0.4) is 0 Å². The summed E-state index contributed by atoms with van der Waals surface area (Å²) in [5.41, 5.74) is 12.1. The lowest BCUT2D eigenvalue weighted by Crippen LogP contribution is -2.39. The number of rotatable bonds is 6. The van der Waals surface area contributed by atoms with Gasteiger partial charge in [0.15, 0.2) is 0 Å². The summed E-state index contributed by atoms with van der Waals surface area (Å²) >= 11 is 0. The maximum atomic E-state index is 5.84. The monoisotopic (exact) mass is 352 g/mol. The first-order valence-corrected chi connectivity index (χ1v) is 8.73. The molecule has 0 fully saturated rings. The van der Waals surface area contributed by atoms with Crippen molar-refractivity contribution in [3.63, 3.8) is 0 Å². The van der Waals surface area contributed by atoms with Crippen LogP contribution in [0.15, 0.2) is 64.8 Å². The van der Waals surface area contributed by atoms with Crippen LogP contribution in [0, 0.1) is 0 Å². The minimum absolute atomic E-state index is 0.250. The summed E-state index contributed by atoms with van der Waals surface area (Å²) in [5.74, 6) is 0.561. The van der Waals surface area contributed by atoms with E-state index in [0.29, 0.717) is 5.96 Å². The van der Waals surface area contributed by atoms with Gasteiger partial charge in [-0.25, -0.2) is 4.58 Å². The van der Waals surface area contributed by atoms with Crippen LogP contribution in [0.25, 0.3) is 0 Å². The highest BCUT2D eigenvalue weighted by Gasteiger charge is 2.30. The van der Waals surface area contributed by atoms with E-state index >= 15 is 0 Å². The highest BCUT2D eigenvalue weighted by molar-refractivity contribution is 5.72. The highest BCUT2D eigenvalue weighted by atomic mass is 15.7. The molecule has 1 aliphatic heterocycles. The van der Waals surface area contributed by atoms with Crippen molar-refractivity contribution in [1.29, 1.82) is 0 Å². The van der Waals surface area contributed by atoms with Gasteiger partial charge < -0.3 is 4.90 Å².